The second-order valence-corrected chi connectivity index (χ2v) is 16.2. The fourth-order valence-corrected chi connectivity index (χ4v) is 9.31. The highest BCUT2D eigenvalue weighted by molar-refractivity contribution is 6.12. The Morgan fingerprint density at radius 3 is 1.45 bits per heavy atom. The van der Waals surface area contributed by atoms with E-state index in [-0.39, 0.29) is 0 Å². The van der Waals surface area contributed by atoms with Crippen LogP contribution in [-0.4, -0.2) is 19.1 Å². The summed E-state index contributed by atoms with van der Waals surface area (Å²) in [6.45, 7) is 8.71. The second-order valence-electron chi connectivity index (χ2n) is 16.2. The lowest BCUT2D eigenvalue weighted by Gasteiger charge is -2.17. The van der Waals surface area contributed by atoms with Gasteiger partial charge in [0.25, 0.3) is 0 Å². The van der Waals surface area contributed by atoms with Crippen molar-refractivity contribution in [2.45, 2.75) is 27.7 Å². The Morgan fingerprint density at radius 2 is 0.833 bits per heavy atom. The normalized spacial score (nSPS) is 11.7. The maximum absolute atomic E-state index is 5.11. The predicted octanol–water partition coefficient (Wildman–Crippen LogP) is 14.6. The maximum Gasteiger partial charge on any atom is 0.160 e. The highest BCUT2D eigenvalue weighted by atomic mass is 15.0. The summed E-state index contributed by atoms with van der Waals surface area (Å²) in [4.78, 5) is 10.2. The fourth-order valence-electron chi connectivity index (χ4n) is 9.31. The van der Waals surface area contributed by atoms with E-state index in [2.05, 4.69) is 219 Å². The molecule has 0 fully saturated rings. The lowest BCUT2D eigenvalue weighted by atomic mass is 9.97. The van der Waals surface area contributed by atoms with Crippen molar-refractivity contribution >= 4 is 43.6 Å². The molecule has 3 aromatic heterocycles. The first-order valence-electron chi connectivity index (χ1n) is 20.7. The van der Waals surface area contributed by atoms with Crippen LogP contribution in [0.25, 0.3) is 100 Å². The third kappa shape index (κ3) is 5.91. The molecule has 0 saturated heterocycles. The van der Waals surface area contributed by atoms with Gasteiger partial charge >= 0.3 is 0 Å². The van der Waals surface area contributed by atoms with Crippen molar-refractivity contribution in [2.24, 2.45) is 0 Å². The van der Waals surface area contributed by atoms with Crippen molar-refractivity contribution in [1.82, 2.24) is 19.1 Å². The van der Waals surface area contributed by atoms with Crippen LogP contribution in [0.3, 0.4) is 0 Å². The number of rotatable bonds is 6. The van der Waals surface area contributed by atoms with Crippen molar-refractivity contribution in [1.29, 1.82) is 0 Å². The van der Waals surface area contributed by atoms with Gasteiger partial charge in [-0.15, -0.1) is 0 Å². The summed E-state index contributed by atoms with van der Waals surface area (Å²) in [6.07, 6.45) is 0. The summed E-state index contributed by atoms with van der Waals surface area (Å²) in [7, 11) is 0. The molecule has 0 atom stereocenters. The molecular weight excluding hydrogens is 729 g/mol. The van der Waals surface area contributed by atoms with Gasteiger partial charge in [-0.2, -0.15) is 0 Å². The molecule has 0 radical (unpaired) electrons. The van der Waals surface area contributed by atoms with Gasteiger partial charge in [-0.3, -0.25) is 0 Å². The van der Waals surface area contributed by atoms with E-state index in [0.717, 1.165) is 39.6 Å². The number of nitrogens with zero attached hydrogens (tertiary/aromatic N) is 4. The fraction of sp³-hybridized carbons (Fsp3) is 0.0714. The smallest absolute Gasteiger partial charge is 0.160 e. The Kier molecular flexibility index (Phi) is 8.35. The Morgan fingerprint density at radius 1 is 0.333 bits per heavy atom. The summed E-state index contributed by atoms with van der Waals surface area (Å²) >= 11 is 0. The Balaban J connectivity index is 0.986. The average Bonchev–Trinajstić information content (AvgIpc) is 3.78. The maximum atomic E-state index is 5.11. The predicted molar refractivity (Wildman–Crippen MR) is 251 cm³/mol. The van der Waals surface area contributed by atoms with E-state index in [1.165, 1.54) is 82.7 Å². The third-order valence-electron chi connectivity index (χ3n) is 12.0. The molecule has 0 aliphatic carbocycles. The van der Waals surface area contributed by atoms with Crippen LogP contribution in [0.2, 0.25) is 0 Å². The zero-order chi connectivity index (χ0) is 40.5. The van der Waals surface area contributed by atoms with E-state index in [9.17, 15) is 0 Å². The minimum Gasteiger partial charge on any atom is -0.309 e. The van der Waals surface area contributed by atoms with Gasteiger partial charge in [-0.05, 0) is 117 Å². The molecule has 286 valence electrons. The number of hydrogen-bond donors (Lipinski definition) is 0. The van der Waals surface area contributed by atoms with E-state index < -0.39 is 0 Å². The lowest BCUT2D eigenvalue weighted by molar-refractivity contribution is 1.12. The van der Waals surface area contributed by atoms with Gasteiger partial charge in [0, 0.05) is 43.9 Å². The van der Waals surface area contributed by atoms with Gasteiger partial charge < -0.3 is 9.13 Å². The Labute approximate surface area is 349 Å². The number of aromatic nitrogens is 4. The zero-order valence-electron chi connectivity index (χ0n) is 34.1. The lowest BCUT2D eigenvalue weighted by Crippen LogP contribution is -2.01. The molecular formula is C56H42N4. The molecule has 0 aliphatic heterocycles. The number of aryl methyl sites for hydroxylation is 4. The molecule has 0 bridgehead atoms. The molecule has 60 heavy (non-hydrogen) atoms. The van der Waals surface area contributed by atoms with Gasteiger partial charge in [0.1, 0.15) is 0 Å². The molecule has 0 spiro atoms. The molecule has 0 saturated carbocycles. The standard InChI is InChI=1S/C56H42N4/c1-35-13-11-15-41(29-35)50-34-49(57-56(58-50)42-16-12-14-36(2)30-42)40-25-23-39(24-26-40)43-31-37(3)55(38(4)32-43)60-53-22-10-7-19-47(53)48-33-44(27-28-54(48)60)59-51-20-8-5-17-45(51)46-18-6-9-21-52(46)59/h5-34H,1-4H3. The van der Waals surface area contributed by atoms with Crippen molar-refractivity contribution in [3.63, 3.8) is 0 Å². The van der Waals surface area contributed by atoms with Gasteiger partial charge in [0.15, 0.2) is 5.82 Å². The second kappa shape index (κ2) is 14.1. The van der Waals surface area contributed by atoms with E-state index >= 15 is 0 Å². The topological polar surface area (TPSA) is 35.6 Å². The first-order chi connectivity index (χ1) is 29.4. The van der Waals surface area contributed by atoms with Crippen molar-refractivity contribution in [3.05, 3.63) is 204 Å². The molecule has 0 amide bonds. The molecule has 8 aromatic carbocycles. The summed E-state index contributed by atoms with van der Waals surface area (Å²) in [5, 5.41) is 5.02. The molecule has 0 unspecified atom stereocenters. The van der Waals surface area contributed by atoms with Gasteiger partial charge in [0.2, 0.25) is 0 Å². The molecule has 3 heterocycles. The first-order valence-corrected chi connectivity index (χ1v) is 20.7. The Bertz CT molecular complexity index is 3330. The highest BCUT2D eigenvalue weighted by Gasteiger charge is 2.19. The third-order valence-corrected chi connectivity index (χ3v) is 12.0. The van der Waals surface area contributed by atoms with E-state index in [1.54, 1.807) is 0 Å². The molecule has 4 nitrogen and oxygen atoms in total. The van der Waals surface area contributed by atoms with Crippen LogP contribution in [0.15, 0.2) is 182 Å². The van der Waals surface area contributed by atoms with Crippen molar-refractivity contribution < 1.29 is 0 Å². The SMILES string of the molecule is Cc1cccc(-c2cc(-c3ccc(-c4cc(C)c(-n5c6ccccc6c6cc(-n7c8ccccc8c8ccccc87)ccc65)c(C)c4)cc3)nc(-c3cccc(C)c3)n2)c1. The number of benzene rings is 8. The van der Waals surface area contributed by atoms with Crippen LogP contribution in [-0.2, 0) is 0 Å². The molecule has 4 heteroatoms. The number of para-hydroxylation sites is 3. The van der Waals surface area contributed by atoms with Crippen LogP contribution >= 0.6 is 0 Å². The molecule has 11 rings (SSSR count). The molecule has 11 aromatic rings. The van der Waals surface area contributed by atoms with E-state index in [0.29, 0.717) is 0 Å². The van der Waals surface area contributed by atoms with Crippen LogP contribution in [0, 0.1) is 27.7 Å². The zero-order valence-corrected chi connectivity index (χ0v) is 34.1. The quantitative estimate of drug-likeness (QED) is 0.169. The average molecular weight is 771 g/mol. The van der Waals surface area contributed by atoms with Gasteiger partial charge in [-0.1, -0.05) is 126 Å². The first kappa shape index (κ1) is 35.6. The number of fused-ring (bicyclic) bond motifs is 6. The van der Waals surface area contributed by atoms with Crippen molar-refractivity contribution in [3.8, 4) is 56.4 Å². The van der Waals surface area contributed by atoms with Crippen LogP contribution in [0.1, 0.15) is 22.3 Å². The number of hydrogen-bond acceptors (Lipinski definition) is 2. The largest absolute Gasteiger partial charge is 0.309 e. The summed E-state index contributed by atoms with van der Waals surface area (Å²) < 4.78 is 4.87. The van der Waals surface area contributed by atoms with Crippen LogP contribution < -0.4 is 0 Å². The van der Waals surface area contributed by atoms with Gasteiger partial charge in [0.05, 0.1) is 39.1 Å². The molecule has 0 aliphatic rings. The van der Waals surface area contributed by atoms with Crippen LogP contribution in [0.5, 0.6) is 0 Å². The van der Waals surface area contributed by atoms with E-state index in [4.69, 9.17) is 9.97 Å². The minimum atomic E-state index is 0.728. The monoisotopic (exact) mass is 770 g/mol. The summed E-state index contributed by atoms with van der Waals surface area (Å²) in [5.74, 6) is 0.728. The Hall–Kier alpha value is -7.56. The van der Waals surface area contributed by atoms with Crippen LogP contribution in [0.4, 0.5) is 0 Å². The summed E-state index contributed by atoms with van der Waals surface area (Å²) in [6, 6.07) is 65.8. The summed E-state index contributed by atoms with van der Waals surface area (Å²) in [5.41, 5.74) is 19.4. The van der Waals surface area contributed by atoms with Gasteiger partial charge in [-0.25, -0.2) is 9.97 Å². The highest BCUT2D eigenvalue weighted by Crippen LogP contribution is 2.39. The molecule has 0 N–H and O–H groups in total. The minimum absolute atomic E-state index is 0.728. The van der Waals surface area contributed by atoms with E-state index in [1.807, 2.05) is 0 Å². The van der Waals surface area contributed by atoms with Crippen molar-refractivity contribution in [2.75, 3.05) is 0 Å².